The lowest BCUT2D eigenvalue weighted by atomic mass is 9.99. The molecule has 0 aliphatic carbocycles. The Morgan fingerprint density at radius 2 is 1.68 bits per heavy atom. The third-order valence-corrected chi connectivity index (χ3v) is 4.46. The second kappa shape index (κ2) is 7.54. The number of hydrogen-bond donors (Lipinski definition) is 3. The fraction of sp³-hybridized carbons (Fsp3) is 0.0909. The van der Waals surface area contributed by atoms with Crippen molar-refractivity contribution in [3.63, 3.8) is 0 Å². The van der Waals surface area contributed by atoms with Crippen LogP contribution in [0.1, 0.15) is 10.6 Å². The quantitative estimate of drug-likeness (QED) is 0.497. The van der Waals surface area contributed by atoms with Gasteiger partial charge in [0.15, 0.2) is 0 Å². The lowest BCUT2D eigenvalue weighted by Crippen LogP contribution is -2.26. The number of carbonyl (C=O) groups excluding carboxylic acids is 1. The molecule has 2 heterocycles. The van der Waals surface area contributed by atoms with Crippen molar-refractivity contribution in [3.05, 3.63) is 72.5 Å². The molecule has 0 radical (unpaired) electrons. The smallest absolute Gasteiger partial charge is 0.289 e. The lowest BCUT2D eigenvalue weighted by Gasteiger charge is -2.07. The zero-order chi connectivity index (χ0) is 19.5. The minimum absolute atomic E-state index is 0.00153. The summed E-state index contributed by atoms with van der Waals surface area (Å²) in [7, 11) is 0. The second-order valence-corrected chi connectivity index (χ2v) is 6.29. The van der Waals surface area contributed by atoms with Gasteiger partial charge in [0, 0.05) is 12.1 Å². The number of rotatable bonds is 5. The lowest BCUT2D eigenvalue weighted by molar-refractivity contribution is 0.0920. The highest BCUT2D eigenvalue weighted by Gasteiger charge is 2.23. The van der Waals surface area contributed by atoms with E-state index in [0.29, 0.717) is 11.1 Å². The highest BCUT2D eigenvalue weighted by molar-refractivity contribution is 6.10. The highest BCUT2D eigenvalue weighted by Crippen LogP contribution is 2.38. The molecule has 0 spiro atoms. The fourth-order valence-corrected chi connectivity index (χ4v) is 3.14. The molecule has 0 aliphatic rings. The van der Waals surface area contributed by atoms with E-state index in [0.717, 1.165) is 22.4 Å². The van der Waals surface area contributed by atoms with Crippen molar-refractivity contribution < 1.29 is 14.3 Å². The van der Waals surface area contributed by atoms with E-state index in [9.17, 15) is 4.79 Å². The number of fused-ring (bicyclic) bond motifs is 1. The van der Waals surface area contributed by atoms with Crippen LogP contribution >= 0.6 is 0 Å². The van der Waals surface area contributed by atoms with Gasteiger partial charge in [0.05, 0.1) is 23.4 Å². The van der Waals surface area contributed by atoms with Gasteiger partial charge in [-0.1, -0.05) is 60.7 Å². The fourth-order valence-electron chi connectivity index (χ4n) is 3.14. The molecule has 2 aromatic carbocycles. The summed E-state index contributed by atoms with van der Waals surface area (Å²) in [4.78, 5) is 17.0. The number of nitrogens with one attached hydrogen (secondary N) is 1. The Morgan fingerprint density at radius 1 is 1.04 bits per heavy atom. The SMILES string of the molecule is Nc1c(C(=O)NCCO)oc2nc(-c3ccccc3)cc(-c3ccccc3)c12. The summed E-state index contributed by atoms with van der Waals surface area (Å²) in [5.74, 6) is -0.483. The van der Waals surface area contributed by atoms with E-state index in [-0.39, 0.29) is 24.6 Å². The highest BCUT2D eigenvalue weighted by atomic mass is 16.4. The topological polar surface area (TPSA) is 101 Å². The van der Waals surface area contributed by atoms with Gasteiger partial charge in [-0.2, -0.15) is 0 Å². The van der Waals surface area contributed by atoms with Crippen LogP contribution in [-0.2, 0) is 0 Å². The Labute approximate surface area is 161 Å². The van der Waals surface area contributed by atoms with Crippen LogP contribution in [0.2, 0.25) is 0 Å². The molecule has 0 unspecified atom stereocenters. The van der Waals surface area contributed by atoms with Gasteiger partial charge in [-0.3, -0.25) is 4.79 Å². The molecule has 140 valence electrons. The van der Waals surface area contributed by atoms with Crippen molar-refractivity contribution in [2.45, 2.75) is 0 Å². The average molecular weight is 373 g/mol. The first-order valence-electron chi connectivity index (χ1n) is 8.92. The van der Waals surface area contributed by atoms with E-state index in [1.807, 2.05) is 66.7 Å². The molecule has 0 atom stereocenters. The Morgan fingerprint density at radius 3 is 2.32 bits per heavy atom. The van der Waals surface area contributed by atoms with Gasteiger partial charge in [0.25, 0.3) is 5.91 Å². The van der Waals surface area contributed by atoms with Crippen LogP contribution in [0.3, 0.4) is 0 Å². The molecular formula is C22H19N3O3. The zero-order valence-electron chi connectivity index (χ0n) is 15.1. The van der Waals surface area contributed by atoms with Gasteiger partial charge < -0.3 is 20.6 Å². The van der Waals surface area contributed by atoms with Crippen molar-refractivity contribution in [2.24, 2.45) is 0 Å². The molecule has 6 heteroatoms. The van der Waals surface area contributed by atoms with Crippen LogP contribution in [0.25, 0.3) is 33.5 Å². The summed E-state index contributed by atoms with van der Waals surface area (Å²) in [6.07, 6.45) is 0. The minimum atomic E-state index is -0.482. The van der Waals surface area contributed by atoms with Crippen LogP contribution in [0, 0.1) is 0 Å². The molecule has 0 saturated heterocycles. The predicted octanol–water partition coefficient (Wildman–Crippen LogP) is 3.47. The maximum atomic E-state index is 12.4. The van der Waals surface area contributed by atoms with E-state index < -0.39 is 5.91 Å². The Balaban J connectivity index is 1.95. The van der Waals surface area contributed by atoms with Crippen LogP contribution in [0.4, 0.5) is 5.69 Å². The normalized spacial score (nSPS) is 10.9. The summed E-state index contributed by atoms with van der Waals surface area (Å²) >= 11 is 0. The Bertz CT molecular complexity index is 1120. The number of pyridine rings is 1. The summed E-state index contributed by atoms with van der Waals surface area (Å²) < 4.78 is 5.75. The number of anilines is 1. The molecule has 0 saturated carbocycles. The van der Waals surface area contributed by atoms with E-state index in [1.165, 1.54) is 0 Å². The minimum Gasteiger partial charge on any atom is -0.430 e. The summed E-state index contributed by atoms with van der Waals surface area (Å²) in [5, 5.41) is 12.1. The molecular weight excluding hydrogens is 354 g/mol. The maximum absolute atomic E-state index is 12.4. The molecule has 0 aliphatic heterocycles. The second-order valence-electron chi connectivity index (χ2n) is 6.29. The van der Waals surface area contributed by atoms with Gasteiger partial charge in [0.1, 0.15) is 0 Å². The molecule has 1 amide bonds. The molecule has 28 heavy (non-hydrogen) atoms. The number of carbonyl (C=O) groups is 1. The summed E-state index contributed by atoms with van der Waals surface area (Å²) in [6, 6.07) is 21.5. The van der Waals surface area contributed by atoms with Crippen molar-refractivity contribution in [3.8, 4) is 22.4 Å². The van der Waals surface area contributed by atoms with Crippen molar-refractivity contribution in [1.29, 1.82) is 0 Å². The number of benzene rings is 2. The Hall–Kier alpha value is -3.64. The van der Waals surface area contributed by atoms with E-state index >= 15 is 0 Å². The molecule has 4 aromatic rings. The van der Waals surface area contributed by atoms with Gasteiger partial charge in [-0.15, -0.1) is 0 Å². The van der Waals surface area contributed by atoms with E-state index in [1.54, 1.807) is 0 Å². The molecule has 6 nitrogen and oxygen atoms in total. The molecule has 0 fully saturated rings. The number of nitrogen functional groups attached to an aromatic ring is 1. The monoisotopic (exact) mass is 373 g/mol. The summed E-state index contributed by atoms with van der Waals surface area (Å²) in [5.41, 5.74) is 10.3. The molecule has 4 rings (SSSR count). The van der Waals surface area contributed by atoms with Crippen LogP contribution in [0.5, 0.6) is 0 Å². The number of nitrogens with two attached hydrogens (primary N) is 1. The van der Waals surface area contributed by atoms with Gasteiger partial charge in [-0.25, -0.2) is 4.98 Å². The maximum Gasteiger partial charge on any atom is 0.289 e. The van der Waals surface area contributed by atoms with Crippen LogP contribution < -0.4 is 11.1 Å². The van der Waals surface area contributed by atoms with E-state index in [4.69, 9.17) is 15.3 Å². The third-order valence-electron chi connectivity index (χ3n) is 4.46. The largest absolute Gasteiger partial charge is 0.430 e. The number of aliphatic hydroxyl groups is 1. The first-order chi connectivity index (χ1) is 13.7. The number of aliphatic hydroxyl groups excluding tert-OH is 1. The van der Waals surface area contributed by atoms with Crippen LogP contribution in [-0.4, -0.2) is 29.1 Å². The van der Waals surface area contributed by atoms with Crippen molar-refractivity contribution in [2.75, 3.05) is 18.9 Å². The first kappa shape index (κ1) is 17.8. The molecule has 0 bridgehead atoms. The van der Waals surface area contributed by atoms with Gasteiger partial charge in [-0.05, 0) is 17.2 Å². The number of nitrogens with zero attached hydrogens (tertiary/aromatic N) is 1. The molecule has 4 N–H and O–H groups in total. The van der Waals surface area contributed by atoms with E-state index in [2.05, 4.69) is 10.3 Å². The first-order valence-corrected chi connectivity index (χ1v) is 8.92. The summed E-state index contributed by atoms with van der Waals surface area (Å²) in [6.45, 7) is -0.0545. The average Bonchev–Trinajstić information content (AvgIpc) is 3.09. The standard InChI is InChI=1S/C22H19N3O3/c23-19-18-16(14-7-3-1-4-8-14)13-17(15-9-5-2-6-10-15)25-22(18)28-20(19)21(27)24-11-12-26/h1-10,13,26H,11-12,23H2,(H,24,27). The van der Waals surface area contributed by atoms with Crippen LogP contribution in [0.15, 0.2) is 71.1 Å². The van der Waals surface area contributed by atoms with Crippen molar-refractivity contribution >= 4 is 22.7 Å². The number of furan rings is 1. The Kier molecular flexibility index (Phi) is 4.78. The number of amides is 1. The predicted molar refractivity (Wildman–Crippen MR) is 109 cm³/mol. The molecule has 2 aromatic heterocycles. The van der Waals surface area contributed by atoms with Gasteiger partial charge in [0.2, 0.25) is 11.5 Å². The number of hydrogen-bond acceptors (Lipinski definition) is 5. The van der Waals surface area contributed by atoms with Crippen molar-refractivity contribution in [1.82, 2.24) is 10.3 Å². The zero-order valence-corrected chi connectivity index (χ0v) is 15.1. The van der Waals surface area contributed by atoms with Gasteiger partial charge >= 0.3 is 0 Å². The number of aromatic nitrogens is 1. The third kappa shape index (κ3) is 3.21.